The lowest BCUT2D eigenvalue weighted by atomic mass is 10.0. The first kappa shape index (κ1) is 19.0. The quantitative estimate of drug-likeness (QED) is 0.388. The molecule has 0 aliphatic carbocycles. The molecule has 1 aromatic heterocycles. The first-order chi connectivity index (χ1) is 12.2. The molecule has 0 bridgehead atoms. The maximum atomic E-state index is 9.62. The molecule has 0 radical (unpaired) electrons. The van der Waals surface area contributed by atoms with Gasteiger partial charge in [-0.2, -0.15) is 0 Å². The summed E-state index contributed by atoms with van der Waals surface area (Å²) in [5, 5.41) is 20.2. The van der Waals surface area contributed by atoms with Crippen molar-refractivity contribution < 1.29 is 9.63 Å². The molecule has 6 heteroatoms. The van der Waals surface area contributed by atoms with Crippen molar-refractivity contribution in [3.05, 3.63) is 52.9 Å². The van der Waals surface area contributed by atoms with Crippen LogP contribution in [-0.2, 0) is 6.42 Å². The average molecular weight is 344 g/mol. The summed E-state index contributed by atoms with van der Waals surface area (Å²) in [7, 11) is 1.75. The molecule has 0 aliphatic heterocycles. The Labute approximate surface area is 149 Å². The molecular weight excluding hydrogens is 316 g/mol. The van der Waals surface area contributed by atoms with E-state index < -0.39 is 0 Å². The molecule has 0 amide bonds. The van der Waals surface area contributed by atoms with Gasteiger partial charge in [-0.1, -0.05) is 35.5 Å². The molecule has 1 heterocycles. The van der Waals surface area contributed by atoms with E-state index in [0.717, 1.165) is 42.4 Å². The number of aliphatic hydroxyl groups excluding tert-OH is 1. The number of rotatable bonds is 8. The van der Waals surface area contributed by atoms with Crippen molar-refractivity contribution in [2.75, 3.05) is 26.7 Å². The van der Waals surface area contributed by atoms with E-state index in [9.17, 15) is 5.11 Å². The molecule has 2 aromatic rings. The summed E-state index contributed by atoms with van der Waals surface area (Å²) < 4.78 is 5.18. The number of nitrogens with zero attached hydrogens (tertiary/aromatic N) is 2. The third-order valence-corrected chi connectivity index (χ3v) is 4.31. The zero-order valence-corrected chi connectivity index (χ0v) is 15.2. The van der Waals surface area contributed by atoms with E-state index >= 15 is 0 Å². The lowest BCUT2D eigenvalue weighted by Crippen LogP contribution is -2.40. The van der Waals surface area contributed by atoms with Crippen LogP contribution < -0.4 is 10.6 Å². The molecule has 1 atom stereocenters. The van der Waals surface area contributed by atoms with Crippen molar-refractivity contribution in [3.63, 3.8) is 0 Å². The second-order valence-electron chi connectivity index (χ2n) is 6.08. The van der Waals surface area contributed by atoms with Gasteiger partial charge in [0, 0.05) is 31.6 Å². The van der Waals surface area contributed by atoms with Gasteiger partial charge in [-0.15, -0.1) is 0 Å². The van der Waals surface area contributed by atoms with Crippen LogP contribution in [0.25, 0.3) is 0 Å². The fourth-order valence-corrected chi connectivity index (χ4v) is 2.78. The minimum Gasteiger partial charge on any atom is -0.396 e. The van der Waals surface area contributed by atoms with Gasteiger partial charge in [0.25, 0.3) is 0 Å². The lowest BCUT2D eigenvalue weighted by Gasteiger charge is -2.18. The molecule has 0 spiro atoms. The van der Waals surface area contributed by atoms with Crippen LogP contribution in [0.1, 0.15) is 34.9 Å². The van der Waals surface area contributed by atoms with Gasteiger partial charge in [-0.25, -0.2) is 0 Å². The van der Waals surface area contributed by atoms with Gasteiger partial charge in [0.05, 0.1) is 12.3 Å². The Morgan fingerprint density at radius 1 is 1.24 bits per heavy atom. The first-order valence-electron chi connectivity index (χ1n) is 8.67. The lowest BCUT2D eigenvalue weighted by molar-refractivity contribution is 0.265. The molecule has 1 unspecified atom stereocenters. The highest BCUT2D eigenvalue weighted by atomic mass is 16.5. The monoisotopic (exact) mass is 344 g/mol. The summed E-state index contributed by atoms with van der Waals surface area (Å²) in [4.78, 5) is 4.24. The van der Waals surface area contributed by atoms with E-state index in [1.54, 1.807) is 7.05 Å². The van der Waals surface area contributed by atoms with Crippen molar-refractivity contribution in [3.8, 4) is 0 Å². The molecular formula is C19H28N4O2. The third kappa shape index (κ3) is 5.60. The summed E-state index contributed by atoms with van der Waals surface area (Å²) in [5.41, 5.74) is 3.27. The maximum Gasteiger partial charge on any atom is 0.190 e. The Balaban J connectivity index is 1.75. The Kier molecular flexibility index (Phi) is 7.47. The number of aliphatic imine (C=N–C) groups is 1. The van der Waals surface area contributed by atoms with Crippen LogP contribution in [0.4, 0.5) is 0 Å². The predicted octanol–water partition coefficient (Wildman–Crippen LogP) is 2.17. The minimum atomic E-state index is 0.0436. The van der Waals surface area contributed by atoms with E-state index in [4.69, 9.17) is 4.52 Å². The van der Waals surface area contributed by atoms with Crippen LogP contribution in [-0.4, -0.2) is 43.0 Å². The molecule has 0 saturated carbocycles. The molecule has 0 saturated heterocycles. The number of aliphatic hydroxyl groups is 1. The second kappa shape index (κ2) is 9.84. The number of benzene rings is 1. The van der Waals surface area contributed by atoms with Crippen LogP contribution >= 0.6 is 0 Å². The number of aryl methyl sites for hydroxylation is 2. The number of aromatic nitrogens is 1. The average Bonchev–Trinajstić information content (AvgIpc) is 2.96. The van der Waals surface area contributed by atoms with Crippen LogP contribution in [0.2, 0.25) is 0 Å². The van der Waals surface area contributed by atoms with Crippen molar-refractivity contribution >= 4 is 5.96 Å². The highest BCUT2D eigenvalue weighted by Crippen LogP contribution is 2.14. The van der Waals surface area contributed by atoms with E-state index in [2.05, 4.69) is 20.8 Å². The van der Waals surface area contributed by atoms with Gasteiger partial charge in [-0.05, 0) is 32.3 Å². The number of hydrogen-bond acceptors (Lipinski definition) is 4. The van der Waals surface area contributed by atoms with E-state index in [1.165, 1.54) is 5.56 Å². The molecule has 25 heavy (non-hydrogen) atoms. The SMILES string of the molecule is CN=C(NCCCc1c(C)noc1C)NCC(CO)c1ccccc1. The van der Waals surface area contributed by atoms with E-state index in [1.807, 2.05) is 44.2 Å². The Hall–Kier alpha value is -2.34. The normalized spacial score (nSPS) is 12.9. The zero-order valence-electron chi connectivity index (χ0n) is 15.2. The fraction of sp³-hybridized carbons (Fsp3) is 0.474. The van der Waals surface area contributed by atoms with Crippen molar-refractivity contribution in [2.45, 2.75) is 32.6 Å². The Morgan fingerprint density at radius 2 is 2.00 bits per heavy atom. The molecule has 136 valence electrons. The largest absolute Gasteiger partial charge is 0.396 e. The van der Waals surface area contributed by atoms with Gasteiger partial charge in [0.1, 0.15) is 5.76 Å². The summed E-state index contributed by atoms with van der Waals surface area (Å²) in [5.74, 6) is 1.68. The van der Waals surface area contributed by atoms with Gasteiger partial charge in [0.2, 0.25) is 0 Å². The molecule has 3 N–H and O–H groups in total. The molecule has 1 aromatic carbocycles. The number of guanidine groups is 1. The number of hydrogen-bond donors (Lipinski definition) is 3. The van der Waals surface area contributed by atoms with Gasteiger partial charge in [-0.3, -0.25) is 4.99 Å². The zero-order chi connectivity index (χ0) is 18.1. The van der Waals surface area contributed by atoms with E-state index in [-0.39, 0.29) is 12.5 Å². The summed E-state index contributed by atoms with van der Waals surface area (Å²) in [6, 6.07) is 10.0. The molecule has 0 aliphatic rings. The highest BCUT2D eigenvalue weighted by Gasteiger charge is 2.11. The topological polar surface area (TPSA) is 82.7 Å². The standard InChI is InChI=1S/C19H28N4O2/c1-14-18(15(2)25-23-14)10-7-11-21-19(20-3)22-12-17(13-24)16-8-5-4-6-9-16/h4-6,8-9,17,24H,7,10-13H2,1-3H3,(H2,20,21,22). The summed E-state index contributed by atoms with van der Waals surface area (Å²) in [6.45, 7) is 5.45. The Morgan fingerprint density at radius 3 is 2.60 bits per heavy atom. The van der Waals surface area contributed by atoms with Crippen LogP contribution in [0.5, 0.6) is 0 Å². The van der Waals surface area contributed by atoms with Crippen LogP contribution in [0.3, 0.4) is 0 Å². The predicted molar refractivity (Wildman–Crippen MR) is 99.9 cm³/mol. The molecule has 2 rings (SSSR count). The van der Waals surface area contributed by atoms with Gasteiger partial charge < -0.3 is 20.3 Å². The van der Waals surface area contributed by atoms with E-state index in [0.29, 0.717) is 6.54 Å². The smallest absolute Gasteiger partial charge is 0.190 e. The summed E-state index contributed by atoms with van der Waals surface area (Å²) in [6.07, 6.45) is 1.89. The highest BCUT2D eigenvalue weighted by molar-refractivity contribution is 5.79. The summed E-state index contributed by atoms with van der Waals surface area (Å²) >= 11 is 0. The van der Waals surface area contributed by atoms with Crippen molar-refractivity contribution in [1.82, 2.24) is 15.8 Å². The maximum absolute atomic E-state index is 9.62. The van der Waals surface area contributed by atoms with Crippen LogP contribution in [0, 0.1) is 13.8 Å². The molecule has 6 nitrogen and oxygen atoms in total. The van der Waals surface area contributed by atoms with Gasteiger partial charge >= 0.3 is 0 Å². The van der Waals surface area contributed by atoms with Crippen molar-refractivity contribution in [2.24, 2.45) is 4.99 Å². The third-order valence-electron chi connectivity index (χ3n) is 4.31. The minimum absolute atomic E-state index is 0.0436. The first-order valence-corrected chi connectivity index (χ1v) is 8.67. The second-order valence-corrected chi connectivity index (χ2v) is 6.08. The molecule has 0 fully saturated rings. The van der Waals surface area contributed by atoms with Gasteiger partial charge in [0.15, 0.2) is 5.96 Å². The fourth-order valence-electron chi connectivity index (χ4n) is 2.78. The number of nitrogens with one attached hydrogen (secondary N) is 2. The Bertz CT molecular complexity index is 648. The van der Waals surface area contributed by atoms with Crippen molar-refractivity contribution in [1.29, 1.82) is 0 Å². The van der Waals surface area contributed by atoms with Crippen LogP contribution in [0.15, 0.2) is 39.8 Å².